The summed E-state index contributed by atoms with van der Waals surface area (Å²) in [5, 5.41) is 0. The van der Waals surface area contributed by atoms with Crippen molar-refractivity contribution in [3.05, 3.63) is 76.3 Å². The number of para-hydroxylation sites is 1. The lowest BCUT2D eigenvalue weighted by atomic mass is 10.1. The predicted molar refractivity (Wildman–Crippen MR) is 76.8 cm³/mol. The zero-order chi connectivity index (χ0) is 12.4. The summed E-state index contributed by atoms with van der Waals surface area (Å²) in [7, 11) is 0. The van der Waals surface area contributed by atoms with E-state index in [0.29, 0.717) is 0 Å². The lowest BCUT2D eigenvalue weighted by Crippen LogP contribution is -2.04. The Kier molecular flexibility index (Phi) is 3.20. The second-order valence-electron chi connectivity index (χ2n) is 4.33. The molecule has 1 aliphatic rings. The molecule has 0 saturated heterocycles. The first-order valence-electron chi connectivity index (χ1n) is 5.99. The number of fused-ring (bicyclic) bond motifs is 1. The van der Waals surface area contributed by atoms with E-state index in [0.717, 1.165) is 16.6 Å². The fourth-order valence-electron chi connectivity index (χ4n) is 2.11. The molecule has 2 aromatic rings. The van der Waals surface area contributed by atoms with Crippen LogP contribution in [0, 0.1) is 0 Å². The molecule has 0 bridgehead atoms. The van der Waals surface area contributed by atoms with E-state index in [1.54, 1.807) is 0 Å². The van der Waals surface area contributed by atoms with E-state index >= 15 is 0 Å². The number of benzene rings is 2. The van der Waals surface area contributed by atoms with Crippen molar-refractivity contribution in [2.24, 2.45) is 0 Å². The normalized spacial score (nSPS) is 17.7. The standard InChI is InChI=1S/C16H13BrO/c17-14-10-8-13(9-11-14)16-7-3-5-12-4-1-2-6-15(12)18-16/h1-4,6-11,16H,5H2/t16-/m0/s1. The highest BCUT2D eigenvalue weighted by Crippen LogP contribution is 2.30. The molecule has 0 N–H and O–H groups in total. The quantitative estimate of drug-likeness (QED) is 0.695. The third kappa shape index (κ3) is 2.34. The minimum Gasteiger partial charge on any atom is -0.481 e. The molecule has 90 valence electrons. The maximum Gasteiger partial charge on any atom is 0.142 e. The first-order chi connectivity index (χ1) is 8.83. The third-order valence-electron chi connectivity index (χ3n) is 3.07. The van der Waals surface area contributed by atoms with E-state index < -0.39 is 0 Å². The van der Waals surface area contributed by atoms with E-state index in [9.17, 15) is 0 Å². The molecule has 0 spiro atoms. The molecule has 1 aliphatic heterocycles. The van der Waals surface area contributed by atoms with Crippen LogP contribution < -0.4 is 4.74 Å². The zero-order valence-corrected chi connectivity index (χ0v) is 11.4. The van der Waals surface area contributed by atoms with Gasteiger partial charge in [0.25, 0.3) is 0 Å². The van der Waals surface area contributed by atoms with Gasteiger partial charge in [-0.15, -0.1) is 0 Å². The summed E-state index contributed by atoms with van der Waals surface area (Å²) in [6.07, 6.45) is 5.24. The number of hydrogen-bond donors (Lipinski definition) is 0. The largest absolute Gasteiger partial charge is 0.481 e. The van der Waals surface area contributed by atoms with Crippen molar-refractivity contribution in [2.45, 2.75) is 12.5 Å². The molecule has 1 atom stereocenters. The molecule has 0 radical (unpaired) electrons. The van der Waals surface area contributed by atoms with Crippen molar-refractivity contribution >= 4 is 15.9 Å². The van der Waals surface area contributed by atoms with E-state index in [2.05, 4.69) is 52.3 Å². The van der Waals surface area contributed by atoms with Crippen LogP contribution in [-0.2, 0) is 6.42 Å². The van der Waals surface area contributed by atoms with Gasteiger partial charge in [-0.3, -0.25) is 0 Å². The Balaban J connectivity index is 1.93. The molecule has 3 rings (SSSR count). The molecule has 2 aromatic carbocycles. The SMILES string of the molecule is Brc1ccc([C@@H]2C=CCc3ccccc3O2)cc1. The van der Waals surface area contributed by atoms with Gasteiger partial charge in [0.05, 0.1) is 0 Å². The van der Waals surface area contributed by atoms with Crippen LogP contribution in [0.25, 0.3) is 0 Å². The van der Waals surface area contributed by atoms with Gasteiger partial charge in [-0.1, -0.05) is 52.3 Å². The molecule has 1 heterocycles. The molecule has 0 amide bonds. The molecular weight excluding hydrogens is 288 g/mol. The van der Waals surface area contributed by atoms with Crippen LogP contribution in [0.4, 0.5) is 0 Å². The maximum atomic E-state index is 6.08. The minimum absolute atomic E-state index is 0.00162. The van der Waals surface area contributed by atoms with Gasteiger partial charge in [0, 0.05) is 4.47 Å². The number of ether oxygens (including phenoxy) is 1. The molecule has 1 nitrogen and oxygen atoms in total. The Hall–Kier alpha value is -1.54. The van der Waals surface area contributed by atoms with E-state index in [1.165, 1.54) is 11.1 Å². The van der Waals surface area contributed by atoms with Crippen molar-refractivity contribution in [1.82, 2.24) is 0 Å². The van der Waals surface area contributed by atoms with Gasteiger partial charge in [-0.2, -0.15) is 0 Å². The number of rotatable bonds is 1. The van der Waals surface area contributed by atoms with E-state index in [-0.39, 0.29) is 6.10 Å². The Bertz CT molecular complexity index is 572. The van der Waals surface area contributed by atoms with Crippen molar-refractivity contribution < 1.29 is 4.74 Å². The molecule has 0 saturated carbocycles. The fourth-order valence-corrected chi connectivity index (χ4v) is 2.38. The number of hydrogen-bond acceptors (Lipinski definition) is 1. The minimum atomic E-state index is 0.00162. The third-order valence-corrected chi connectivity index (χ3v) is 3.60. The highest BCUT2D eigenvalue weighted by Gasteiger charge is 2.14. The van der Waals surface area contributed by atoms with Crippen molar-refractivity contribution in [1.29, 1.82) is 0 Å². The van der Waals surface area contributed by atoms with Crippen LogP contribution in [0.15, 0.2) is 65.2 Å². The number of halogens is 1. The second kappa shape index (κ2) is 4.99. The lowest BCUT2D eigenvalue weighted by molar-refractivity contribution is 0.256. The zero-order valence-electron chi connectivity index (χ0n) is 9.84. The van der Waals surface area contributed by atoms with Gasteiger partial charge < -0.3 is 4.74 Å². The topological polar surface area (TPSA) is 9.23 Å². The maximum absolute atomic E-state index is 6.08. The van der Waals surface area contributed by atoms with Crippen molar-refractivity contribution in [3.8, 4) is 5.75 Å². The van der Waals surface area contributed by atoms with Gasteiger partial charge in [0.2, 0.25) is 0 Å². The lowest BCUT2D eigenvalue weighted by Gasteiger charge is -2.16. The number of allylic oxidation sites excluding steroid dienone is 1. The molecule has 2 heteroatoms. The van der Waals surface area contributed by atoms with Crippen LogP contribution >= 0.6 is 15.9 Å². The van der Waals surface area contributed by atoms with Crippen LogP contribution in [-0.4, -0.2) is 0 Å². The first kappa shape index (κ1) is 11.5. The fraction of sp³-hybridized carbons (Fsp3) is 0.125. The monoisotopic (exact) mass is 300 g/mol. The molecule has 0 aromatic heterocycles. The van der Waals surface area contributed by atoms with Gasteiger partial charge >= 0.3 is 0 Å². The van der Waals surface area contributed by atoms with Gasteiger partial charge in [-0.05, 0) is 41.8 Å². The molecule has 0 unspecified atom stereocenters. The summed E-state index contributed by atoms with van der Waals surface area (Å²) in [6, 6.07) is 16.5. The summed E-state index contributed by atoms with van der Waals surface area (Å²) in [4.78, 5) is 0. The average molecular weight is 301 g/mol. The predicted octanol–water partition coefficient (Wildman–Crippen LogP) is 4.68. The average Bonchev–Trinajstić information content (AvgIpc) is 2.61. The van der Waals surface area contributed by atoms with Gasteiger partial charge in [-0.25, -0.2) is 0 Å². The highest BCUT2D eigenvalue weighted by molar-refractivity contribution is 9.10. The second-order valence-corrected chi connectivity index (χ2v) is 5.25. The summed E-state index contributed by atoms with van der Waals surface area (Å²) in [5.41, 5.74) is 2.42. The molecular formula is C16H13BrO. The van der Waals surface area contributed by atoms with Gasteiger partial charge in [0.1, 0.15) is 11.9 Å². The Morgan fingerprint density at radius 1 is 1.00 bits per heavy atom. The summed E-state index contributed by atoms with van der Waals surface area (Å²) < 4.78 is 7.17. The smallest absolute Gasteiger partial charge is 0.142 e. The molecule has 18 heavy (non-hydrogen) atoms. The first-order valence-corrected chi connectivity index (χ1v) is 6.79. The highest BCUT2D eigenvalue weighted by atomic mass is 79.9. The van der Waals surface area contributed by atoms with Crippen molar-refractivity contribution in [3.63, 3.8) is 0 Å². The van der Waals surface area contributed by atoms with Crippen LogP contribution in [0.1, 0.15) is 17.2 Å². The van der Waals surface area contributed by atoms with E-state index in [1.807, 2.05) is 24.3 Å². The Morgan fingerprint density at radius 2 is 1.78 bits per heavy atom. The Labute approximate surface area is 115 Å². The summed E-state index contributed by atoms with van der Waals surface area (Å²) in [5.74, 6) is 0.982. The Morgan fingerprint density at radius 3 is 2.61 bits per heavy atom. The summed E-state index contributed by atoms with van der Waals surface area (Å²) >= 11 is 3.45. The van der Waals surface area contributed by atoms with Crippen LogP contribution in [0.3, 0.4) is 0 Å². The summed E-state index contributed by atoms with van der Waals surface area (Å²) in [6.45, 7) is 0. The molecule has 0 aliphatic carbocycles. The van der Waals surface area contributed by atoms with Crippen molar-refractivity contribution in [2.75, 3.05) is 0 Å². The van der Waals surface area contributed by atoms with Crippen LogP contribution in [0.5, 0.6) is 5.75 Å². The van der Waals surface area contributed by atoms with E-state index in [4.69, 9.17) is 4.74 Å². The van der Waals surface area contributed by atoms with Crippen LogP contribution in [0.2, 0.25) is 0 Å². The van der Waals surface area contributed by atoms with Gasteiger partial charge in [0.15, 0.2) is 0 Å². The molecule has 0 fully saturated rings.